The molecule has 0 aliphatic carbocycles. The first-order chi connectivity index (χ1) is 15.8. The van der Waals surface area contributed by atoms with Crippen LogP contribution in [0.3, 0.4) is 0 Å². The van der Waals surface area contributed by atoms with Gasteiger partial charge in [-0.25, -0.2) is 13.4 Å². The Morgan fingerprint density at radius 2 is 2.03 bits per heavy atom. The summed E-state index contributed by atoms with van der Waals surface area (Å²) in [6.45, 7) is 5.15. The van der Waals surface area contributed by atoms with Crippen LogP contribution in [-0.4, -0.2) is 43.8 Å². The Kier molecular flexibility index (Phi) is 6.87. The van der Waals surface area contributed by atoms with E-state index in [2.05, 4.69) is 10.3 Å². The summed E-state index contributed by atoms with van der Waals surface area (Å²) in [4.78, 5) is 18.1. The molecule has 2 aromatic heterocycles. The Morgan fingerprint density at radius 3 is 2.70 bits per heavy atom. The normalized spacial score (nSPS) is 19.4. The van der Waals surface area contributed by atoms with Crippen LogP contribution >= 0.6 is 11.3 Å². The van der Waals surface area contributed by atoms with Crippen molar-refractivity contribution >= 4 is 27.3 Å². The standard InChI is InChI=1S/C23H27N3O5S2/c1-15-9-16(2)13-26(12-15)33(28,29)21-10-17(6-7-19(21)30-3)22(27)24-11-18-14-31-23(25-18)20-5-4-8-32-20/h4-8,10,14-16H,9,11-13H2,1-3H3,(H,24,27). The van der Waals surface area contributed by atoms with Crippen molar-refractivity contribution < 1.29 is 22.4 Å². The van der Waals surface area contributed by atoms with Crippen LogP contribution in [0, 0.1) is 11.8 Å². The monoisotopic (exact) mass is 489 g/mol. The Balaban J connectivity index is 1.52. The van der Waals surface area contributed by atoms with E-state index >= 15 is 0 Å². The average molecular weight is 490 g/mol. The molecule has 0 radical (unpaired) electrons. The van der Waals surface area contributed by atoms with Gasteiger partial charge in [-0.15, -0.1) is 11.3 Å². The molecular weight excluding hydrogens is 462 g/mol. The maximum absolute atomic E-state index is 13.4. The van der Waals surface area contributed by atoms with E-state index in [9.17, 15) is 13.2 Å². The van der Waals surface area contributed by atoms with E-state index < -0.39 is 15.9 Å². The quantitative estimate of drug-likeness (QED) is 0.538. The Bertz CT molecular complexity index is 1210. The molecule has 10 heteroatoms. The van der Waals surface area contributed by atoms with Gasteiger partial charge in [0, 0.05) is 18.7 Å². The van der Waals surface area contributed by atoms with Crippen LogP contribution in [0.5, 0.6) is 5.75 Å². The molecule has 8 nitrogen and oxygen atoms in total. The lowest BCUT2D eigenvalue weighted by atomic mass is 9.94. The maximum Gasteiger partial charge on any atom is 0.251 e. The number of carbonyl (C=O) groups excluding carboxylic acids is 1. The molecule has 3 aromatic rings. The molecule has 0 bridgehead atoms. The molecule has 33 heavy (non-hydrogen) atoms. The number of oxazole rings is 1. The Labute approximate surface area is 197 Å². The van der Waals surface area contributed by atoms with E-state index in [-0.39, 0.29) is 34.6 Å². The lowest BCUT2D eigenvalue weighted by molar-refractivity contribution is 0.0950. The number of nitrogens with zero attached hydrogens (tertiary/aromatic N) is 2. The van der Waals surface area contributed by atoms with Crippen LogP contribution in [0.4, 0.5) is 0 Å². The van der Waals surface area contributed by atoms with E-state index in [1.54, 1.807) is 6.07 Å². The number of amides is 1. The van der Waals surface area contributed by atoms with Crippen molar-refractivity contribution in [3.63, 3.8) is 0 Å². The van der Waals surface area contributed by atoms with E-state index in [0.29, 0.717) is 24.7 Å². The number of hydrogen-bond donors (Lipinski definition) is 1. The number of benzene rings is 1. The van der Waals surface area contributed by atoms with Crippen molar-refractivity contribution in [3.8, 4) is 16.5 Å². The highest BCUT2D eigenvalue weighted by molar-refractivity contribution is 7.89. The summed E-state index contributed by atoms with van der Waals surface area (Å²) in [5, 5.41) is 4.71. The van der Waals surface area contributed by atoms with E-state index in [1.165, 1.54) is 41.1 Å². The fraction of sp³-hybridized carbons (Fsp3) is 0.391. The molecule has 3 heterocycles. The number of rotatable bonds is 7. The van der Waals surface area contributed by atoms with Crippen LogP contribution < -0.4 is 10.1 Å². The average Bonchev–Trinajstić information content (AvgIpc) is 3.48. The van der Waals surface area contributed by atoms with Crippen molar-refractivity contribution in [2.24, 2.45) is 11.8 Å². The second-order valence-electron chi connectivity index (χ2n) is 8.44. The lowest BCUT2D eigenvalue weighted by Gasteiger charge is -2.34. The molecule has 2 unspecified atom stereocenters. The van der Waals surface area contributed by atoms with E-state index in [4.69, 9.17) is 9.15 Å². The van der Waals surface area contributed by atoms with Crippen molar-refractivity contribution in [2.75, 3.05) is 20.2 Å². The van der Waals surface area contributed by atoms with Crippen LogP contribution in [0.25, 0.3) is 10.8 Å². The third-order valence-corrected chi connectivity index (χ3v) is 8.30. The number of thiophene rings is 1. The minimum atomic E-state index is -3.81. The molecule has 1 aliphatic heterocycles. The first kappa shape index (κ1) is 23.5. The largest absolute Gasteiger partial charge is 0.495 e. The number of ether oxygens (including phenoxy) is 1. The fourth-order valence-corrected chi connectivity index (χ4v) is 6.65. The second-order valence-corrected chi connectivity index (χ2v) is 11.3. The van der Waals surface area contributed by atoms with E-state index in [1.807, 2.05) is 31.4 Å². The summed E-state index contributed by atoms with van der Waals surface area (Å²) in [5.74, 6) is 0.840. The van der Waals surface area contributed by atoms with Gasteiger partial charge in [0.05, 0.1) is 24.2 Å². The van der Waals surface area contributed by atoms with Gasteiger partial charge in [-0.2, -0.15) is 4.31 Å². The van der Waals surface area contributed by atoms with Crippen LogP contribution in [0.2, 0.25) is 0 Å². The Morgan fingerprint density at radius 1 is 1.27 bits per heavy atom. The number of nitrogens with one attached hydrogen (secondary N) is 1. The molecule has 2 atom stereocenters. The summed E-state index contributed by atoms with van der Waals surface area (Å²) >= 11 is 1.51. The van der Waals surface area contributed by atoms with Gasteiger partial charge in [0.1, 0.15) is 16.9 Å². The maximum atomic E-state index is 13.4. The van der Waals surface area contributed by atoms with Crippen molar-refractivity contribution in [1.82, 2.24) is 14.6 Å². The van der Waals surface area contributed by atoms with Gasteiger partial charge in [0.2, 0.25) is 15.9 Å². The molecule has 1 aromatic carbocycles. The third-order valence-electron chi connectivity index (χ3n) is 5.59. The van der Waals surface area contributed by atoms with Crippen LogP contribution in [-0.2, 0) is 16.6 Å². The zero-order chi connectivity index (χ0) is 23.6. The molecule has 4 rings (SSSR count). The molecule has 1 aliphatic rings. The Hall–Kier alpha value is -2.69. The number of sulfonamides is 1. The minimum absolute atomic E-state index is 0.000341. The molecule has 176 valence electrons. The van der Waals surface area contributed by atoms with Gasteiger partial charge >= 0.3 is 0 Å². The fourth-order valence-electron chi connectivity index (χ4n) is 4.14. The molecule has 0 spiro atoms. The first-order valence-corrected chi connectivity index (χ1v) is 13.0. The number of carbonyl (C=O) groups is 1. The highest BCUT2D eigenvalue weighted by atomic mass is 32.2. The molecule has 1 saturated heterocycles. The molecule has 1 amide bonds. The summed E-state index contributed by atoms with van der Waals surface area (Å²) < 4.78 is 39.1. The zero-order valence-corrected chi connectivity index (χ0v) is 20.4. The minimum Gasteiger partial charge on any atom is -0.495 e. The highest BCUT2D eigenvalue weighted by Crippen LogP contribution is 2.32. The van der Waals surface area contributed by atoms with Gasteiger partial charge in [0.15, 0.2) is 0 Å². The molecule has 1 N–H and O–H groups in total. The van der Waals surface area contributed by atoms with Crippen LogP contribution in [0.1, 0.15) is 36.3 Å². The summed E-state index contributed by atoms with van der Waals surface area (Å²) in [6, 6.07) is 8.26. The van der Waals surface area contributed by atoms with Gasteiger partial charge in [0.25, 0.3) is 5.91 Å². The van der Waals surface area contributed by atoms with Crippen LogP contribution in [0.15, 0.2) is 51.3 Å². The van der Waals surface area contributed by atoms with Crippen molar-refractivity contribution in [2.45, 2.75) is 31.7 Å². The van der Waals surface area contributed by atoms with E-state index in [0.717, 1.165) is 11.3 Å². The summed E-state index contributed by atoms with van der Waals surface area (Å²) in [6.07, 6.45) is 2.49. The topological polar surface area (TPSA) is 102 Å². The second kappa shape index (κ2) is 9.66. The van der Waals surface area contributed by atoms with Gasteiger partial charge < -0.3 is 14.5 Å². The SMILES string of the molecule is COc1ccc(C(=O)NCc2coc(-c3cccs3)n2)cc1S(=O)(=O)N1CC(C)CC(C)C1. The number of methoxy groups -OCH3 is 1. The predicted molar refractivity (Wildman–Crippen MR) is 126 cm³/mol. The van der Waals surface area contributed by atoms with Gasteiger partial charge in [-0.1, -0.05) is 19.9 Å². The third kappa shape index (κ3) is 5.13. The molecule has 0 saturated carbocycles. The first-order valence-electron chi connectivity index (χ1n) is 10.7. The molecule has 1 fully saturated rings. The number of hydrogen-bond acceptors (Lipinski definition) is 7. The number of piperidine rings is 1. The lowest BCUT2D eigenvalue weighted by Crippen LogP contribution is -2.42. The van der Waals surface area contributed by atoms with Crippen molar-refractivity contribution in [1.29, 1.82) is 0 Å². The zero-order valence-electron chi connectivity index (χ0n) is 18.8. The summed E-state index contributed by atoms with van der Waals surface area (Å²) in [5.41, 5.74) is 0.804. The van der Waals surface area contributed by atoms with Gasteiger partial charge in [-0.05, 0) is 47.9 Å². The number of aromatic nitrogens is 1. The van der Waals surface area contributed by atoms with Crippen molar-refractivity contribution in [3.05, 3.63) is 53.2 Å². The smallest absolute Gasteiger partial charge is 0.251 e. The predicted octanol–water partition coefficient (Wildman–Crippen LogP) is 4.01. The van der Waals surface area contributed by atoms with Gasteiger partial charge in [-0.3, -0.25) is 4.79 Å². The molecular formula is C23H27N3O5S2. The highest BCUT2D eigenvalue weighted by Gasteiger charge is 2.34. The summed E-state index contributed by atoms with van der Waals surface area (Å²) in [7, 11) is -2.39.